The second-order valence-electron chi connectivity index (χ2n) is 4.90. The molecule has 132 valence electrons. The zero-order chi connectivity index (χ0) is 18.6. The first-order valence-electron chi connectivity index (χ1n) is 7.00. The van der Waals surface area contributed by atoms with Gasteiger partial charge < -0.3 is 14.8 Å². The molecule has 0 spiro atoms. The molecule has 7 nitrogen and oxygen atoms in total. The van der Waals surface area contributed by atoms with Crippen LogP contribution in [0, 0.1) is 15.9 Å². The molecule has 1 N–H and O–H groups in total. The van der Waals surface area contributed by atoms with Crippen molar-refractivity contribution >= 4 is 27.5 Å². The Morgan fingerprint density at radius 1 is 1.24 bits per heavy atom. The first kappa shape index (κ1) is 18.7. The third kappa shape index (κ3) is 4.24. The second-order valence-corrected chi connectivity index (χ2v) is 5.75. The van der Waals surface area contributed by atoms with Gasteiger partial charge in [-0.3, -0.25) is 14.9 Å². The summed E-state index contributed by atoms with van der Waals surface area (Å²) in [7, 11) is 2.69. The SMILES string of the molecule is COc1cc(C(=O)NCc2cc(F)ccc2Br)c([N+](=O)[O-])cc1OC. The van der Waals surface area contributed by atoms with Crippen LogP contribution in [0.2, 0.25) is 0 Å². The molecule has 0 bridgehead atoms. The number of nitro groups is 1. The number of methoxy groups -OCH3 is 2. The van der Waals surface area contributed by atoms with Crippen molar-refractivity contribution in [2.75, 3.05) is 14.2 Å². The van der Waals surface area contributed by atoms with Crippen LogP contribution in [0.5, 0.6) is 11.5 Å². The zero-order valence-electron chi connectivity index (χ0n) is 13.3. The van der Waals surface area contributed by atoms with E-state index in [0.717, 1.165) is 6.07 Å². The Morgan fingerprint density at radius 3 is 2.48 bits per heavy atom. The number of carbonyl (C=O) groups excluding carboxylic acids is 1. The summed E-state index contributed by atoms with van der Waals surface area (Å²) in [5.41, 5.74) is -0.111. The Hall–Kier alpha value is -2.68. The Balaban J connectivity index is 2.31. The van der Waals surface area contributed by atoms with Gasteiger partial charge in [-0.2, -0.15) is 0 Å². The number of nitrogens with one attached hydrogen (secondary N) is 1. The average molecular weight is 413 g/mol. The fourth-order valence-corrected chi connectivity index (χ4v) is 2.54. The monoisotopic (exact) mass is 412 g/mol. The summed E-state index contributed by atoms with van der Waals surface area (Å²) in [5, 5.41) is 13.8. The third-order valence-corrected chi connectivity index (χ3v) is 4.16. The molecule has 1 amide bonds. The normalized spacial score (nSPS) is 10.2. The van der Waals surface area contributed by atoms with Gasteiger partial charge in [0.25, 0.3) is 11.6 Å². The van der Waals surface area contributed by atoms with Gasteiger partial charge in [-0.1, -0.05) is 15.9 Å². The maximum atomic E-state index is 13.3. The number of halogens is 2. The number of carbonyl (C=O) groups is 1. The van der Waals surface area contributed by atoms with Crippen molar-refractivity contribution in [2.24, 2.45) is 0 Å². The van der Waals surface area contributed by atoms with Crippen LogP contribution < -0.4 is 14.8 Å². The van der Waals surface area contributed by atoms with Gasteiger partial charge in [0.2, 0.25) is 0 Å². The second kappa shape index (κ2) is 7.93. The maximum absolute atomic E-state index is 13.3. The van der Waals surface area contributed by atoms with E-state index < -0.39 is 22.3 Å². The van der Waals surface area contributed by atoms with Crippen LogP contribution in [0.25, 0.3) is 0 Å². The van der Waals surface area contributed by atoms with E-state index in [9.17, 15) is 19.3 Å². The Morgan fingerprint density at radius 2 is 1.88 bits per heavy atom. The molecule has 0 fully saturated rings. The number of nitrogens with zero attached hydrogens (tertiary/aromatic N) is 1. The van der Waals surface area contributed by atoms with Crippen LogP contribution in [0.3, 0.4) is 0 Å². The standard InChI is InChI=1S/C16H14BrFN2O5/c1-24-14-6-11(13(20(22)23)7-15(14)25-2)16(21)19-8-9-5-10(18)3-4-12(9)17/h3-7H,8H2,1-2H3,(H,19,21). The average Bonchev–Trinajstić information content (AvgIpc) is 2.60. The molecule has 0 aliphatic carbocycles. The maximum Gasteiger partial charge on any atom is 0.286 e. The van der Waals surface area contributed by atoms with Crippen LogP contribution in [0.1, 0.15) is 15.9 Å². The molecule has 0 aliphatic heterocycles. The molecule has 0 unspecified atom stereocenters. The number of amides is 1. The van der Waals surface area contributed by atoms with Crippen LogP contribution in [0.4, 0.5) is 10.1 Å². The van der Waals surface area contributed by atoms with E-state index in [4.69, 9.17) is 9.47 Å². The summed E-state index contributed by atoms with van der Waals surface area (Å²) < 4.78 is 24.0. The van der Waals surface area contributed by atoms with E-state index in [0.29, 0.717) is 10.0 Å². The molecular formula is C16H14BrFN2O5. The molecular weight excluding hydrogens is 399 g/mol. The van der Waals surface area contributed by atoms with E-state index in [1.165, 1.54) is 38.5 Å². The summed E-state index contributed by atoms with van der Waals surface area (Å²) in [5.74, 6) is -0.822. The topological polar surface area (TPSA) is 90.7 Å². The van der Waals surface area contributed by atoms with Crippen molar-refractivity contribution in [3.63, 3.8) is 0 Å². The van der Waals surface area contributed by atoms with Crippen molar-refractivity contribution in [2.45, 2.75) is 6.54 Å². The summed E-state index contributed by atoms with van der Waals surface area (Å²) in [4.78, 5) is 22.9. The Kier molecular flexibility index (Phi) is 5.92. The first-order chi connectivity index (χ1) is 11.9. The smallest absolute Gasteiger partial charge is 0.286 e. The molecule has 2 rings (SSSR count). The third-order valence-electron chi connectivity index (χ3n) is 3.39. The molecule has 0 saturated carbocycles. The molecule has 2 aromatic rings. The minimum atomic E-state index is -0.691. The minimum absolute atomic E-state index is 0.0112. The molecule has 0 aliphatic rings. The van der Waals surface area contributed by atoms with Crippen LogP contribution in [0.15, 0.2) is 34.8 Å². The number of rotatable bonds is 6. The first-order valence-corrected chi connectivity index (χ1v) is 7.79. The fourth-order valence-electron chi connectivity index (χ4n) is 2.15. The zero-order valence-corrected chi connectivity index (χ0v) is 14.9. The Bertz CT molecular complexity index is 828. The molecule has 0 aromatic heterocycles. The molecule has 0 radical (unpaired) electrons. The van der Waals surface area contributed by atoms with Gasteiger partial charge in [0.1, 0.15) is 11.4 Å². The van der Waals surface area contributed by atoms with Crippen LogP contribution in [-0.4, -0.2) is 25.1 Å². The molecule has 25 heavy (non-hydrogen) atoms. The van der Waals surface area contributed by atoms with Crippen molar-refractivity contribution in [3.05, 3.63) is 61.9 Å². The van der Waals surface area contributed by atoms with Crippen LogP contribution >= 0.6 is 15.9 Å². The number of hydrogen-bond acceptors (Lipinski definition) is 5. The van der Waals surface area contributed by atoms with E-state index in [1.807, 2.05) is 0 Å². The van der Waals surface area contributed by atoms with Gasteiger partial charge in [0.15, 0.2) is 11.5 Å². The lowest BCUT2D eigenvalue weighted by Gasteiger charge is -2.11. The number of ether oxygens (including phenoxy) is 2. The van der Waals surface area contributed by atoms with Crippen molar-refractivity contribution < 1.29 is 23.6 Å². The van der Waals surface area contributed by atoms with E-state index in [1.54, 1.807) is 0 Å². The van der Waals surface area contributed by atoms with E-state index >= 15 is 0 Å². The number of hydrogen-bond donors (Lipinski definition) is 1. The largest absolute Gasteiger partial charge is 0.493 e. The highest BCUT2D eigenvalue weighted by atomic mass is 79.9. The quantitative estimate of drug-likeness (QED) is 0.579. The minimum Gasteiger partial charge on any atom is -0.493 e. The van der Waals surface area contributed by atoms with Crippen molar-refractivity contribution in [1.82, 2.24) is 5.32 Å². The number of nitro benzene ring substituents is 1. The highest BCUT2D eigenvalue weighted by molar-refractivity contribution is 9.10. The van der Waals surface area contributed by atoms with Gasteiger partial charge in [0, 0.05) is 17.1 Å². The summed E-state index contributed by atoms with van der Waals surface area (Å²) >= 11 is 3.25. The highest BCUT2D eigenvalue weighted by Crippen LogP contribution is 2.34. The van der Waals surface area contributed by atoms with Gasteiger partial charge in [-0.25, -0.2) is 4.39 Å². The fraction of sp³-hybridized carbons (Fsp3) is 0.188. The predicted octanol–water partition coefficient (Wildman–Crippen LogP) is 3.44. The summed E-state index contributed by atoms with van der Waals surface area (Å²) in [6.07, 6.45) is 0. The lowest BCUT2D eigenvalue weighted by atomic mass is 10.1. The molecule has 9 heteroatoms. The van der Waals surface area contributed by atoms with E-state index in [-0.39, 0.29) is 23.6 Å². The van der Waals surface area contributed by atoms with Gasteiger partial charge in [0.05, 0.1) is 25.2 Å². The Labute approximate surface area is 151 Å². The van der Waals surface area contributed by atoms with Gasteiger partial charge >= 0.3 is 0 Å². The van der Waals surface area contributed by atoms with Crippen molar-refractivity contribution in [3.8, 4) is 11.5 Å². The van der Waals surface area contributed by atoms with Crippen LogP contribution in [-0.2, 0) is 6.54 Å². The lowest BCUT2D eigenvalue weighted by molar-refractivity contribution is -0.385. The van der Waals surface area contributed by atoms with Gasteiger partial charge in [-0.15, -0.1) is 0 Å². The predicted molar refractivity (Wildman–Crippen MR) is 91.5 cm³/mol. The van der Waals surface area contributed by atoms with Gasteiger partial charge in [-0.05, 0) is 23.8 Å². The molecule has 0 atom stereocenters. The molecule has 0 heterocycles. The van der Waals surface area contributed by atoms with Crippen molar-refractivity contribution in [1.29, 1.82) is 0 Å². The summed E-state index contributed by atoms with van der Waals surface area (Å²) in [6.45, 7) is -0.0112. The molecule has 2 aromatic carbocycles. The molecule has 0 saturated heterocycles. The lowest BCUT2D eigenvalue weighted by Crippen LogP contribution is -2.24. The number of benzene rings is 2. The van der Waals surface area contributed by atoms with E-state index in [2.05, 4.69) is 21.2 Å². The highest BCUT2D eigenvalue weighted by Gasteiger charge is 2.24. The summed E-state index contributed by atoms with van der Waals surface area (Å²) in [6, 6.07) is 6.39.